The third-order valence-electron chi connectivity index (χ3n) is 4.94. The van der Waals surface area contributed by atoms with Crippen molar-refractivity contribution in [2.24, 2.45) is 0 Å². The minimum absolute atomic E-state index is 0.268. The zero-order valence-corrected chi connectivity index (χ0v) is 17.1. The summed E-state index contributed by atoms with van der Waals surface area (Å²) >= 11 is 1.62. The lowest BCUT2D eigenvalue weighted by atomic mass is 10.0. The maximum Gasteiger partial charge on any atom is 0.357 e. The van der Waals surface area contributed by atoms with Crippen LogP contribution in [0.1, 0.15) is 50.4 Å². The molecule has 0 spiro atoms. The standard InChI is InChI=1S/C22H25NO4S/c1-16-19(22(25)26-2)15-28-20(16)10-6-7-17-11-13-23(14-12-17)27-21(24)18-8-4-3-5-9-18/h3-5,7-9,15H,6,10-14H2,1-2H3. The van der Waals surface area contributed by atoms with Gasteiger partial charge in [0, 0.05) is 23.3 Å². The Morgan fingerprint density at radius 2 is 1.86 bits per heavy atom. The van der Waals surface area contributed by atoms with Gasteiger partial charge in [-0.2, -0.15) is 0 Å². The van der Waals surface area contributed by atoms with E-state index in [2.05, 4.69) is 6.08 Å². The van der Waals surface area contributed by atoms with Gasteiger partial charge in [0.2, 0.25) is 0 Å². The molecule has 0 unspecified atom stereocenters. The molecule has 148 valence electrons. The third kappa shape index (κ3) is 5.09. The van der Waals surface area contributed by atoms with Gasteiger partial charge in [-0.1, -0.05) is 29.8 Å². The van der Waals surface area contributed by atoms with Crippen molar-refractivity contribution in [1.82, 2.24) is 5.06 Å². The first-order valence-electron chi connectivity index (χ1n) is 9.44. The summed E-state index contributed by atoms with van der Waals surface area (Å²) < 4.78 is 4.81. The van der Waals surface area contributed by atoms with E-state index in [1.165, 1.54) is 17.6 Å². The van der Waals surface area contributed by atoms with Crippen molar-refractivity contribution >= 4 is 23.3 Å². The molecule has 0 bridgehead atoms. The van der Waals surface area contributed by atoms with E-state index < -0.39 is 0 Å². The fourth-order valence-electron chi connectivity index (χ4n) is 3.24. The van der Waals surface area contributed by atoms with Crippen LogP contribution in [0.25, 0.3) is 0 Å². The molecule has 0 amide bonds. The summed E-state index contributed by atoms with van der Waals surface area (Å²) in [7, 11) is 1.41. The van der Waals surface area contributed by atoms with Crippen molar-refractivity contribution in [3.05, 3.63) is 68.9 Å². The van der Waals surface area contributed by atoms with Gasteiger partial charge >= 0.3 is 11.9 Å². The van der Waals surface area contributed by atoms with Crippen LogP contribution < -0.4 is 0 Å². The molecule has 1 aliphatic heterocycles. The number of rotatable bonds is 6. The second-order valence-electron chi connectivity index (χ2n) is 6.76. The van der Waals surface area contributed by atoms with Gasteiger partial charge in [0.1, 0.15) is 0 Å². The number of hydrogen-bond donors (Lipinski definition) is 0. The number of esters is 1. The molecule has 0 N–H and O–H groups in total. The number of hydrogen-bond acceptors (Lipinski definition) is 6. The molecule has 1 aromatic heterocycles. The summed E-state index contributed by atoms with van der Waals surface area (Å²) in [5.74, 6) is -0.571. The molecule has 3 rings (SSSR count). The molecule has 0 atom stereocenters. The fraction of sp³-hybridized carbons (Fsp3) is 0.364. The first kappa shape index (κ1) is 20.3. The zero-order valence-electron chi connectivity index (χ0n) is 16.3. The number of carbonyl (C=O) groups excluding carboxylic acids is 2. The van der Waals surface area contributed by atoms with E-state index in [4.69, 9.17) is 9.57 Å². The highest BCUT2D eigenvalue weighted by atomic mass is 32.1. The number of methoxy groups -OCH3 is 1. The first-order valence-corrected chi connectivity index (χ1v) is 10.3. The Morgan fingerprint density at radius 3 is 2.54 bits per heavy atom. The molecule has 1 aromatic carbocycles. The molecule has 1 fully saturated rings. The van der Waals surface area contributed by atoms with Gasteiger partial charge in [0.15, 0.2) is 0 Å². The molecule has 6 heteroatoms. The highest BCUT2D eigenvalue weighted by Gasteiger charge is 2.19. The normalized spacial score (nSPS) is 14.6. The second kappa shape index (κ2) is 9.66. The average Bonchev–Trinajstić information content (AvgIpc) is 3.10. The van der Waals surface area contributed by atoms with Crippen LogP contribution in [0.4, 0.5) is 0 Å². The monoisotopic (exact) mass is 399 g/mol. The Bertz CT molecular complexity index is 847. The number of piperidine rings is 1. The number of thiophene rings is 1. The minimum Gasteiger partial charge on any atom is -0.465 e. The molecule has 2 aromatic rings. The van der Waals surface area contributed by atoms with Crippen LogP contribution in [0.15, 0.2) is 47.4 Å². The van der Waals surface area contributed by atoms with Crippen molar-refractivity contribution in [2.45, 2.75) is 32.6 Å². The Kier molecular flexibility index (Phi) is 7.01. The van der Waals surface area contributed by atoms with Gasteiger partial charge in [-0.25, -0.2) is 9.59 Å². The van der Waals surface area contributed by atoms with Crippen LogP contribution in [0, 0.1) is 6.92 Å². The Morgan fingerprint density at radius 1 is 1.14 bits per heavy atom. The van der Waals surface area contributed by atoms with E-state index >= 15 is 0 Å². The number of allylic oxidation sites excluding steroid dienone is 1. The lowest BCUT2D eigenvalue weighted by molar-refractivity contribution is -0.114. The molecule has 1 saturated heterocycles. The maximum atomic E-state index is 12.1. The van der Waals surface area contributed by atoms with Gasteiger partial charge in [-0.05, 0) is 50.3 Å². The Hall–Kier alpha value is -2.44. The molecular formula is C22H25NO4S. The molecule has 1 aliphatic rings. The van der Waals surface area contributed by atoms with Crippen LogP contribution >= 0.6 is 11.3 Å². The number of nitrogens with zero attached hydrogens (tertiary/aromatic N) is 1. The summed E-state index contributed by atoms with van der Waals surface area (Å²) in [5.41, 5.74) is 3.66. The van der Waals surface area contributed by atoms with Crippen molar-refractivity contribution in [1.29, 1.82) is 0 Å². The molecule has 28 heavy (non-hydrogen) atoms. The largest absolute Gasteiger partial charge is 0.465 e. The first-order chi connectivity index (χ1) is 13.6. The number of benzene rings is 1. The maximum absolute atomic E-state index is 12.1. The Balaban J connectivity index is 1.45. The van der Waals surface area contributed by atoms with Crippen molar-refractivity contribution < 1.29 is 19.2 Å². The summed E-state index contributed by atoms with van der Waals surface area (Å²) in [4.78, 5) is 30.5. The van der Waals surface area contributed by atoms with Gasteiger partial charge in [0.25, 0.3) is 0 Å². The molecule has 0 radical (unpaired) electrons. The lowest BCUT2D eigenvalue weighted by Crippen LogP contribution is -2.33. The van der Waals surface area contributed by atoms with Gasteiger partial charge in [-0.3, -0.25) is 0 Å². The summed E-state index contributed by atoms with van der Waals surface area (Å²) in [6, 6.07) is 9.06. The van der Waals surface area contributed by atoms with Crippen LogP contribution in [0.2, 0.25) is 0 Å². The number of hydroxylamine groups is 2. The molecule has 0 aliphatic carbocycles. The number of aryl methyl sites for hydroxylation is 1. The molecule has 0 saturated carbocycles. The predicted molar refractivity (Wildman–Crippen MR) is 109 cm³/mol. The van der Waals surface area contributed by atoms with Gasteiger partial charge < -0.3 is 9.57 Å². The number of ether oxygens (including phenoxy) is 1. The summed E-state index contributed by atoms with van der Waals surface area (Å²) in [6.07, 6.45) is 5.95. The van der Waals surface area contributed by atoms with Crippen molar-refractivity contribution in [2.75, 3.05) is 20.2 Å². The van der Waals surface area contributed by atoms with E-state index in [-0.39, 0.29) is 11.9 Å². The van der Waals surface area contributed by atoms with Gasteiger partial charge in [0.05, 0.1) is 18.2 Å². The Labute approximate surface area is 169 Å². The highest BCUT2D eigenvalue weighted by Crippen LogP contribution is 2.25. The average molecular weight is 400 g/mol. The second-order valence-corrected chi connectivity index (χ2v) is 7.73. The van der Waals surface area contributed by atoms with Crippen molar-refractivity contribution in [3.8, 4) is 0 Å². The van der Waals surface area contributed by atoms with E-state index in [0.29, 0.717) is 11.1 Å². The van der Waals surface area contributed by atoms with Crippen molar-refractivity contribution in [3.63, 3.8) is 0 Å². The highest BCUT2D eigenvalue weighted by molar-refractivity contribution is 7.10. The minimum atomic E-state index is -0.303. The topological polar surface area (TPSA) is 55.8 Å². The summed E-state index contributed by atoms with van der Waals surface area (Å²) in [5, 5.41) is 3.63. The molecule has 2 heterocycles. The smallest absolute Gasteiger partial charge is 0.357 e. The van der Waals surface area contributed by atoms with E-state index in [9.17, 15) is 9.59 Å². The fourth-order valence-corrected chi connectivity index (χ4v) is 4.29. The SMILES string of the molecule is COC(=O)c1csc(CCC=C2CCN(OC(=O)c3ccccc3)CC2)c1C. The van der Waals surface area contributed by atoms with E-state index in [0.717, 1.165) is 44.3 Å². The van der Waals surface area contributed by atoms with Crippen LogP contribution in [-0.4, -0.2) is 37.2 Å². The number of carbonyl (C=O) groups is 2. The molecular weight excluding hydrogens is 374 g/mol. The van der Waals surface area contributed by atoms with Crippen LogP contribution in [-0.2, 0) is 16.0 Å². The lowest BCUT2D eigenvalue weighted by Gasteiger charge is -2.26. The van der Waals surface area contributed by atoms with Crippen LogP contribution in [0.3, 0.4) is 0 Å². The van der Waals surface area contributed by atoms with Crippen LogP contribution in [0.5, 0.6) is 0 Å². The molecule has 5 nitrogen and oxygen atoms in total. The quantitative estimate of drug-likeness (QED) is 0.526. The third-order valence-corrected chi connectivity index (χ3v) is 6.09. The summed E-state index contributed by atoms with van der Waals surface area (Å²) in [6.45, 7) is 3.41. The van der Waals surface area contributed by atoms with E-state index in [1.54, 1.807) is 28.5 Å². The van der Waals surface area contributed by atoms with E-state index in [1.807, 2.05) is 30.5 Å². The zero-order chi connectivity index (χ0) is 19.9. The van der Waals surface area contributed by atoms with Gasteiger partial charge in [-0.15, -0.1) is 16.4 Å². The predicted octanol–water partition coefficient (Wildman–Crippen LogP) is 4.57.